The summed E-state index contributed by atoms with van der Waals surface area (Å²) in [6.07, 6.45) is 2.77. The zero-order valence-corrected chi connectivity index (χ0v) is 11.6. The van der Waals surface area contributed by atoms with Gasteiger partial charge < -0.3 is 9.73 Å². The van der Waals surface area contributed by atoms with Crippen LogP contribution in [-0.4, -0.2) is 14.3 Å². The monoisotopic (exact) mass is 294 g/mol. The van der Waals surface area contributed by atoms with Crippen molar-refractivity contribution in [2.75, 3.05) is 0 Å². The summed E-state index contributed by atoms with van der Waals surface area (Å²) in [5.41, 5.74) is 1.20. The number of sulfonamides is 1. The number of rotatable bonds is 4. The molecule has 0 bridgehead atoms. The van der Waals surface area contributed by atoms with E-state index in [1.54, 1.807) is 25.1 Å². The first-order valence-electron chi connectivity index (χ1n) is 5.84. The maximum absolute atomic E-state index is 11.8. The highest BCUT2D eigenvalue weighted by atomic mass is 32.2. The van der Waals surface area contributed by atoms with Gasteiger partial charge in [0, 0.05) is 0 Å². The van der Waals surface area contributed by atoms with Crippen molar-refractivity contribution in [3.05, 3.63) is 54.0 Å². The Kier molecular flexibility index (Phi) is 3.91. The number of amides is 1. The minimum Gasteiger partial charge on any atom is -0.472 e. The molecule has 1 aromatic heterocycles. The van der Waals surface area contributed by atoms with Crippen LogP contribution in [0.2, 0.25) is 0 Å². The number of nitrogens with one attached hydrogen (secondary N) is 1. The molecule has 1 atom stereocenters. The molecule has 0 radical (unpaired) electrons. The van der Waals surface area contributed by atoms with Crippen molar-refractivity contribution in [3.8, 4) is 0 Å². The largest absolute Gasteiger partial charge is 0.472 e. The number of hydrogen-bond donors (Lipinski definition) is 2. The molecule has 0 fully saturated rings. The number of hydrogen-bond acceptors (Lipinski definition) is 4. The first kappa shape index (κ1) is 14.3. The number of furan rings is 1. The van der Waals surface area contributed by atoms with Crippen LogP contribution in [0.25, 0.3) is 0 Å². The van der Waals surface area contributed by atoms with Gasteiger partial charge in [0.1, 0.15) is 6.26 Å². The lowest BCUT2D eigenvalue weighted by molar-refractivity contribution is 0.0939. The summed E-state index contributed by atoms with van der Waals surface area (Å²) in [6.45, 7) is 1.80. The number of carbonyl (C=O) groups excluding carboxylic acids is 1. The van der Waals surface area contributed by atoms with Gasteiger partial charge in [-0.25, -0.2) is 13.6 Å². The van der Waals surface area contributed by atoms with Gasteiger partial charge in [-0.05, 0) is 30.7 Å². The topological polar surface area (TPSA) is 102 Å². The Balaban J connectivity index is 2.10. The van der Waals surface area contributed by atoms with Crippen molar-refractivity contribution in [2.45, 2.75) is 17.9 Å². The van der Waals surface area contributed by atoms with Crippen molar-refractivity contribution in [1.29, 1.82) is 0 Å². The van der Waals surface area contributed by atoms with Crippen LogP contribution < -0.4 is 10.5 Å². The van der Waals surface area contributed by atoms with Crippen LogP contribution >= 0.6 is 0 Å². The number of nitrogens with two attached hydrogens (primary N) is 1. The molecule has 106 valence electrons. The molecule has 1 amide bonds. The molecule has 1 unspecified atom stereocenters. The first-order valence-corrected chi connectivity index (χ1v) is 7.38. The molecule has 1 aromatic carbocycles. The minimum atomic E-state index is -3.70. The average Bonchev–Trinajstić information content (AvgIpc) is 2.91. The fourth-order valence-corrected chi connectivity index (χ4v) is 2.22. The fourth-order valence-electron chi connectivity index (χ4n) is 1.70. The van der Waals surface area contributed by atoms with E-state index in [-0.39, 0.29) is 16.8 Å². The Hall–Kier alpha value is -2.12. The quantitative estimate of drug-likeness (QED) is 0.890. The van der Waals surface area contributed by atoms with E-state index in [4.69, 9.17) is 9.56 Å². The predicted octanol–water partition coefficient (Wildman–Crippen LogP) is 1.42. The highest BCUT2D eigenvalue weighted by molar-refractivity contribution is 7.89. The van der Waals surface area contributed by atoms with Crippen LogP contribution in [0.5, 0.6) is 0 Å². The zero-order chi connectivity index (χ0) is 14.8. The van der Waals surface area contributed by atoms with Crippen molar-refractivity contribution in [2.24, 2.45) is 5.14 Å². The summed E-state index contributed by atoms with van der Waals surface area (Å²) in [4.78, 5) is 11.9. The molecular formula is C13H14N2O4S. The third-order valence-corrected chi connectivity index (χ3v) is 3.77. The highest BCUT2D eigenvalue weighted by Crippen LogP contribution is 2.16. The van der Waals surface area contributed by atoms with Crippen molar-refractivity contribution in [3.63, 3.8) is 0 Å². The molecule has 2 rings (SSSR count). The molecule has 6 nitrogen and oxygen atoms in total. The highest BCUT2D eigenvalue weighted by Gasteiger charge is 2.13. The predicted molar refractivity (Wildman–Crippen MR) is 72.4 cm³/mol. The normalized spacial score (nSPS) is 12.9. The smallest absolute Gasteiger partial charge is 0.255 e. The molecule has 20 heavy (non-hydrogen) atoms. The van der Waals surface area contributed by atoms with E-state index in [1.165, 1.54) is 24.7 Å². The van der Waals surface area contributed by atoms with Crippen LogP contribution in [0.3, 0.4) is 0 Å². The Bertz CT molecular complexity index is 690. The average molecular weight is 294 g/mol. The second kappa shape index (κ2) is 5.48. The SMILES string of the molecule is CC(NC(=O)c1ccoc1)c1ccc(S(N)(=O)=O)cc1. The lowest BCUT2D eigenvalue weighted by Crippen LogP contribution is -2.26. The van der Waals surface area contributed by atoms with Crippen molar-refractivity contribution < 1.29 is 17.6 Å². The second-order valence-corrected chi connectivity index (χ2v) is 5.88. The summed E-state index contributed by atoms with van der Waals surface area (Å²) in [5.74, 6) is -0.262. The maximum Gasteiger partial charge on any atom is 0.255 e. The molecule has 0 saturated carbocycles. The van der Waals surface area contributed by atoms with Crippen LogP contribution in [0.15, 0.2) is 52.2 Å². The Morgan fingerprint density at radius 2 is 1.90 bits per heavy atom. The van der Waals surface area contributed by atoms with Gasteiger partial charge in [0.25, 0.3) is 5.91 Å². The van der Waals surface area contributed by atoms with Gasteiger partial charge in [-0.2, -0.15) is 0 Å². The molecule has 0 aliphatic heterocycles. The summed E-state index contributed by atoms with van der Waals surface area (Å²) in [6, 6.07) is 7.33. The molecule has 0 aliphatic rings. The van der Waals surface area contributed by atoms with Gasteiger partial charge in [0.2, 0.25) is 10.0 Å². The number of carbonyl (C=O) groups is 1. The van der Waals surface area contributed by atoms with E-state index >= 15 is 0 Å². The Morgan fingerprint density at radius 1 is 1.25 bits per heavy atom. The van der Waals surface area contributed by atoms with Gasteiger partial charge in [-0.1, -0.05) is 12.1 Å². The minimum absolute atomic E-state index is 0.0367. The summed E-state index contributed by atoms with van der Waals surface area (Å²) in [5, 5.41) is 7.80. The van der Waals surface area contributed by atoms with Crippen LogP contribution in [0.1, 0.15) is 28.9 Å². The maximum atomic E-state index is 11.8. The van der Waals surface area contributed by atoms with E-state index in [9.17, 15) is 13.2 Å². The summed E-state index contributed by atoms with van der Waals surface area (Å²) < 4.78 is 27.1. The first-order chi connectivity index (χ1) is 9.38. The molecule has 7 heteroatoms. The lowest BCUT2D eigenvalue weighted by Gasteiger charge is -2.14. The Morgan fingerprint density at radius 3 is 2.40 bits per heavy atom. The van der Waals surface area contributed by atoms with Gasteiger partial charge in [-0.15, -0.1) is 0 Å². The van der Waals surface area contributed by atoms with Crippen LogP contribution in [0, 0.1) is 0 Å². The Labute approximate surface area is 116 Å². The van der Waals surface area contributed by atoms with Crippen molar-refractivity contribution >= 4 is 15.9 Å². The third-order valence-electron chi connectivity index (χ3n) is 2.84. The van der Waals surface area contributed by atoms with Gasteiger partial charge in [0.15, 0.2) is 0 Å². The van der Waals surface area contributed by atoms with Gasteiger partial charge >= 0.3 is 0 Å². The number of primary sulfonamides is 1. The summed E-state index contributed by atoms with van der Waals surface area (Å²) >= 11 is 0. The van der Waals surface area contributed by atoms with E-state index in [0.29, 0.717) is 5.56 Å². The summed E-state index contributed by atoms with van der Waals surface area (Å²) in [7, 11) is -3.70. The second-order valence-electron chi connectivity index (χ2n) is 4.32. The lowest BCUT2D eigenvalue weighted by atomic mass is 10.1. The van der Waals surface area contributed by atoms with Gasteiger partial charge in [-0.3, -0.25) is 4.79 Å². The molecule has 3 N–H and O–H groups in total. The zero-order valence-electron chi connectivity index (χ0n) is 10.7. The van der Waals surface area contributed by atoms with Crippen LogP contribution in [-0.2, 0) is 10.0 Å². The molecule has 0 aliphatic carbocycles. The van der Waals surface area contributed by atoms with E-state index in [2.05, 4.69) is 5.32 Å². The van der Waals surface area contributed by atoms with E-state index < -0.39 is 10.0 Å². The van der Waals surface area contributed by atoms with E-state index in [1.807, 2.05) is 0 Å². The van der Waals surface area contributed by atoms with Crippen molar-refractivity contribution in [1.82, 2.24) is 5.32 Å². The third kappa shape index (κ3) is 3.25. The van der Waals surface area contributed by atoms with E-state index in [0.717, 1.165) is 5.56 Å². The molecule has 2 aromatic rings. The van der Waals surface area contributed by atoms with Crippen LogP contribution in [0.4, 0.5) is 0 Å². The fraction of sp³-hybridized carbons (Fsp3) is 0.154. The molecular weight excluding hydrogens is 280 g/mol. The molecule has 1 heterocycles. The standard InChI is InChI=1S/C13H14N2O4S/c1-9(15-13(16)11-6-7-19-8-11)10-2-4-12(5-3-10)20(14,17)18/h2-9H,1H3,(H,15,16)(H2,14,17,18). The molecule has 0 spiro atoms. The number of benzene rings is 1. The molecule has 0 saturated heterocycles. The van der Waals surface area contributed by atoms with Gasteiger partial charge in [0.05, 0.1) is 22.8 Å².